The van der Waals surface area contributed by atoms with Crippen molar-refractivity contribution >= 4 is 33.9 Å². The third kappa shape index (κ3) is 8.12. The number of allylic oxidation sites excluding steroid dienone is 1. The molecule has 1 aromatic carbocycles. The van der Waals surface area contributed by atoms with E-state index in [2.05, 4.69) is 10.3 Å². The van der Waals surface area contributed by atoms with Gasteiger partial charge in [0.25, 0.3) is 5.56 Å². The fourth-order valence-corrected chi connectivity index (χ4v) is 3.89. The number of sulfonamides is 1. The van der Waals surface area contributed by atoms with Gasteiger partial charge in [-0.3, -0.25) is 24.1 Å². The van der Waals surface area contributed by atoms with Crippen LogP contribution in [-0.4, -0.2) is 37.7 Å². The Kier molecular flexibility index (Phi) is 9.01. The van der Waals surface area contributed by atoms with E-state index >= 15 is 0 Å². The Labute approximate surface area is 193 Å². The molecule has 0 bridgehead atoms. The number of anilines is 1. The van der Waals surface area contributed by atoms with Crippen LogP contribution >= 0.6 is 0 Å². The highest BCUT2D eigenvalue weighted by molar-refractivity contribution is 7.91. The van der Waals surface area contributed by atoms with Crippen LogP contribution in [0.15, 0.2) is 58.1 Å². The molecule has 0 radical (unpaired) electrons. The maximum atomic E-state index is 13.8. The van der Waals surface area contributed by atoms with Gasteiger partial charge in [-0.2, -0.15) is 0 Å². The number of halogens is 2. The molecule has 11 nitrogen and oxygen atoms in total. The minimum Gasteiger partial charge on any atom is -0.370 e. The van der Waals surface area contributed by atoms with E-state index in [1.54, 1.807) is 0 Å². The number of hydrogen-bond acceptors (Lipinski definition) is 6. The first-order valence-electron chi connectivity index (χ1n) is 9.65. The third-order valence-electron chi connectivity index (χ3n) is 4.16. The summed E-state index contributed by atoms with van der Waals surface area (Å²) in [5.41, 5.74) is 8.77. The van der Waals surface area contributed by atoms with E-state index in [-0.39, 0.29) is 35.9 Å². The van der Waals surface area contributed by atoms with Crippen molar-refractivity contribution in [2.45, 2.75) is 18.7 Å². The zero-order valence-corrected chi connectivity index (χ0v) is 18.5. The van der Waals surface area contributed by atoms with Crippen molar-refractivity contribution in [2.75, 3.05) is 11.3 Å². The number of carbonyl (C=O) groups is 2. The number of rotatable bonds is 11. The molecule has 0 unspecified atom stereocenters. The molecule has 182 valence electrons. The van der Waals surface area contributed by atoms with Crippen LogP contribution in [0.5, 0.6) is 0 Å². The third-order valence-corrected chi connectivity index (χ3v) is 5.38. The highest BCUT2D eigenvalue weighted by atomic mass is 32.2. The molecule has 2 rings (SSSR count). The van der Waals surface area contributed by atoms with E-state index in [9.17, 15) is 31.6 Å². The Morgan fingerprint density at radius 3 is 2.59 bits per heavy atom. The zero-order valence-electron chi connectivity index (χ0n) is 17.7. The minimum atomic E-state index is -4.24. The van der Waals surface area contributed by atoms with Gasteiger partial charge in [0.1, 0.15) is 23.9 Å². The molecule has 0 spiro atoms. The predicted molar refractivity (Wildman–Crippen MR) is 121 cm³/mol. The Bertz CT molecular complexity index is 1290. The van der Waals surface area contributed by atoms with E-state index in [0.717, 1.165) is 22.8 Å². The molecule has 0 saturated carbocycles. The smallest absolute Gasteiger partial charge is 0.275 e. The number of pyridine rings is 1. The van der Waals surface area contributed by atoms with Gasteiger partial charge in [0.05, 0.1) is 11.4 Å². The summed E-state index contributed by atoms with van der Waals surface area (Å²) in [6.45, 7) is -0.334. The summed E-state index contributed by atoms with van der Waals surface area (Å²) < 4.78 is 54.5. The number of hydrogen-bond donors (Lipinski definition) is 4. The second-order valence-corrected chi connectivity index (χ2v) is 8.59. The second kappa shape index (κ2) is 11.7. The van der Waals surface area contributed by atoms with E-state index in [0.29, 0.717) is 12.4 Å². The van der Waals surface area contributed by atoms with Crippen LogP contribution in [0.3, 0.4) is 0 Å². The SMILES string of the molecule is NC(N)=NCC/C=C(\C=O)NC(=O)Cn1cccc(NS(=O)(=O)Cc2ccc(F)cc2F)c1=O. The summed E-state index contributed by atoms with van der Waals surface area (Å²) in [6.07, 6.45) is 3.29. The number of guanidine groups is 1. The molecule has 0 fully saturated rings. The van der Waals surface area contributed by atoms with Crippen molar-refractivity contribution in [1.29, 1.82) is 0 Å². The van der Waals surface area contributed by atoms with Gasteiger partial charge in [-0.25, -0.2) is 17.2 Å². The molecule has 34 heavy (non-hydrogen) atoms. The van der Waals surface area contributed by atoms with E-state index in [4.69, 9.17) is 11.5 Å². The van der Waals surface area contributed by atoms with E-state index in [1.165, 1.54) is 18.3 Å². The molecule has 1 aromatic heterocycles. The molecule has 6 N–H and O–H groups in total. The molecule has 1 heterocycles. The molecular formula is C20H22F2N6O5S. The lowest BCUT2D eigenvalue weighted by Gasteiger charge is -2.11. The number of carbonyl (C=O) groups excluding carboxylic acids is 2. The first kappa shape index (κ1) is 26.2. The van der Waals surface area contributed by atoms with Gasteiger partial charge >= 0.3 is 0 Å². The number of amides is 1. The van der Waals surface area contributed by atoms with Crippen LogP contribution in [0.1, 0.15) is 12.0 Å². The molecule has 2 aromatic rings. The van der Waals surface area contributed by atoms with Gasteiger partial charge in [-0.1, -0.05) is 12.1 Å². The Morgan fingerprint density at radius 1 is 1.21 bits per heavy atom. The maximum Gasteiger partial charge on any atom is 0.275 e. The Balaban J connectivity index is 2.09. The Hall–Kier alpha value is -4.07. The van der Waals surface area contributed by atoms with E-state index < -0.39 is 45.4 Å². The average Bonchev–Trinajstić information content (AvgIpc) is 2.75. The quantitative estimate of drug-likeness (QED) is 0.111. The van der Waals surface area contributed by atoms with Crippen molar-refractivity contribution in [3.8, 4) is 0 Å². The second-order valence-electron chi connectivity index (χ2n) is 6.87. The molecule has 0 aliphatic rings. The lowest BCUT2D eigenvalue weighted by molar-refractivity contribution is -0.121. The first-order valence-corrected chi connectivity index (χ1v) is 11.3. The van der Waals surface area contributed by atoms with Crippen LogP contribution in [0.2, 0.25) is 0 Å². The number of aliphatic imine (C=N–C) groups is 1. The van der Waals surface area contributed by atoms with Crippen molar-refractivity contribution < 1.29 is 26.8 Å². The van der Waals surface area contributed by atoms with Crippen molar-refractivity contribution in [3.05, 3.63) is 75.9 Å². The van der Waals surface area contributed by atoms with Gasteiger partial charge in [0, 0.05) is 24.4 Å². The molecule has 14 heteroatoms. The van der Waals surface area contributed by atoms with Gasteiger partial charge in [0.15, 0.2) is 12.2 Å². The number of aldehydes is 1. The van der Waals surface area contributed by atoms with Crippen LogP contribution in [0.4, 0.5) is 14.5 Å². The van der Waals surface area contributed by atoms with Gasteiger partial charge in [0.2, 0.25) is 15.9 Å². The summed E-state index contributed by atoms with van der Waals surface area (Å²) in [4.78, 5) is 39.7. The first-order chi connectivity index (χ1) is 16.0. The molecule has 0 aliphatic heterocycles. The van der Waals surface area contributed by atoms with Crippen LogP contribution in [0.25, 0.3) is 0 Å². The van der Waals surface area contributed by atoms with Crippen LogP contribution in [0, 0.1) is 11.6 Å². The number of aromatic nitrogens is 1. The van der Waals surface area contributed by atoms with Gasteiger partial charge < -0.3 is 21.4 Å². The zero-order chi connectivity index (χ0) is 25.3. The van der Waals surface area contributed by atoms with Crippen LogP contribution < -0.4 is 27.1 Å². The normalized spacial score (nSPS) is 11.5. The Morgan fingerprint density at radius 2 is 1.94 bits per heavy atom. The summed E-state index contributed by atoms with van der Waals surface area (Å²) in [7, 11) is -4.24. The molecule has 0 aliphatic carbocycles. The van der Waals surface area contributed by atoms with Gasteiger partial charge in [-0.15, -0.1) is 0 Å². The van der Waals surface area contributed by atoms with Crippen molar-refractivity contribution in [3.63, 3.8) is 0 Å². The highest BCUT2D eigenvalue weighted by Gasteiger charge is 2.18. The molecular weight excluding hydrogens is 474 g/mol. The topological polar surface area (TPSA) is 179 Å². The molecule has 0 saturated heterocycles. The predicted octanol–water partition coefficient (Wildman–Crippen LogP) is -0.0691. The summed E-state index contributed by atoms with van der Waals surface area (Å²) in [5.74, 6) is -3.61. The maximum absolute atomic E-state index is 13.8. The standard InChI is InChI=1S/C20H22F2N6O5S/c21-14-6-5-13(16(22)9-14)12-34(32,33)27-17-4-2-8-28(19(17)31)10-18(30)26-15(11-29)3-1-7-25-20(23)24/h2-6,8-9,11,27H,1,7,10,12H2,(H,26,30)(H4,23,24,25)/b15-3+. The number of nitrogens with two attached hydrogens (primary N) is 2. The number of nitrogens with zero attached hydrogens (tertiary/aromatic N) is 2. The largest absolute Gasteiger partial charge is 0.370 e. The number of benzene rings is 1. The molecule has 1 amide bonds. The minimum absolute atomic E-state index is 0.0676. The lowest BCUT2D eigenvalue weighted by atomic mass is 10.2. The number of nitrogens with one attached hydrogen (secondary N) is 2. The van der Waals surface area contributed by atoms with Crippen molar-refractivity contribution in [2.24, 2.45) is 16.5 Å². The van der Waals surface area contributed by atoms with E-state index in [1.807, 2.05) is 4.72 Å². The van der Waals surface area contributed by atoms with Crippen LogP contribution in [-0.2, 0) is 31.9 Å². The lowest BCUT2D eigenvalue weighted by Crippen LogP contribution is -2.33. The summed E-state index contributed by atoms with van der Waals surface area (Å²) in [6, 6.07) is 4.91. The summed E-state index contributed by atoms with van der Waals surface area (Å²) in [5, 5.41) is 2.31. The summed E-state index contributed by atoms with van der Waals surface area (Å²) >= 11 is 0. The van der Waals surface area contributed by atoms with Gasteiger partial charge in [-0.05, 0) is 24.6 Å². The average molecular weight is 496 g/mol. The fourth-order valence-electron chi connectivity index (χ4n) is 2.68. The van der Waals surface area contributed by atoms with Crippen molar-refractivity contribution in [1.82, 2.24) is 9.88 Å². The highest BCUT2D eigenvalue weighted by Crippen LogP contribution is 2.14. The molecule has 0 atom stereocenters. The fraction of sp³-hybridized carbons (Fsp3) is 0.200. The monoisotopic (exact) mass is 496 g/mol.